The Morgan fingerprint density at radius 1 is 1.17 bits per heavy atom. The number of sulfonamides is 1. The highest BCUT2D eigenvalue weighted by atomic mass is 32.2. The number of fused-ring (bicyclic) bond motifs is 1. The summed E-state index contributed by atoms with van der Waals surface area (Å²) >= 11 is 0. The fourth-order valence-electron chi connectivity index (χ4n) is 4.39. The van der Waals surface area contributed by atoms with Gasteiger partial charge in [-0.15, -0.1) is 0 Å². The molecule has 1 amide bonds. The second-order valence-electron chi connectivity index (χ2n) is 8.14. The molecule has 0 bridgehead atoms. The van der Waals surface area contributed by atoms with Crippen molar-refractivity contribution in [2.24, 2.45) is 16.6 Å². The maximum atomic E-state index is 13.5. The largest absolute Gasteiger partial charge is 0.369 e. The topological polar surface area (TPSA) is 96.1 Å². The Kier molecular flexibility index (Phi) is 4.86. The predicted octanol–water partition coefficient (Wildman–Crippen LogP) is 2.18. The molecule has 7 nitrogen and oxygen atoms in total. The Morgan fingerprint density at radius 3 is 2.66 bits per heavy atom. The monoisotopic (exact) mass is 414 g/mol. The van der Waals surface area contributed by atoms with Crippen molar-refractivity contribution >= 4 is 32.7 Å². The average Bonchev–Trinajstić information content (AvgIpc) is 2.71. The summed E-state index contributed by atoms with van der Waals surface area (Å²) in [6.45, 7) is 2.70. The molecule has 2 atom stereocenters. The van der Waals surface area contributed by atoms with E-state index in [4.69, 9.17) is 5.73 Å². The number of hydrogen-bond acceptors (Lipinski definition) is 5. The molecule has 0 aliphatic carbocycles. The second kappa shape index (κ2) is 7.11. The number of nitrogens with zero attached hydrogens (tertiary/aromatic N) is 3. The zero-order valence-electron chi connectivity index (χ0n) is 16.7. The molecule has 4 rings (SSSR count). The minimum Gasteiger partial charge on any atom is -0.369 e. The van der Waals surface area contributed by atoms with Crippen LogP contribution in [-0.2, 0) is 14.8 Å². The highest BCUT2D eigenvalue weighted by molar-refractivity contribution is 7.89. The quantitative estimate of drug-likeness (QED) is 0.833. The number of aliphatic imine (C=N–C) groups is 1. The summed E-state index contributed by atoms with van der Waals surface area (Å²) in [5.74, 6) is 0.0315. The summed E-state index contributed by atoms with van der Waals surface area (Å²) in [6, 6.07) is 12.9. The lowest BCUT2D eigenvalue weighted by Crippen LogP contribution is -2.54. The molecule has 0 aromatic heterocycles. The van der Waals surface area contributed by atoms with Gasteiger partial charge in [0.25, 0.3) is 0 Å². The van der Waals surface area contributed by atoms with Gasteiger partial charge >= 0.3 is 0 Å². The van der Waals surface area contributed by atoms with Crippen LogP contribution in [0.4, 0.5) is 0 Å². The molecule has 154 valence electrons. The molecule has 2 aliphatic rings. The van der Waals surface area contributed by atoms with Crippen LogP contribution >= 0.6 is 0 Å². The molecule has 2 N–H and O–H groups in total. The van der Waals surface area contributed by atoms with E-state index < -0.39 is 15.6 Å². The van der Waals surface area contributed by atoms with Gasteiger partial charge in [-0.3, -0.25) is 9.69 Å². The number of guanidine groups is 1. The molecule has 1 saturated heterocycles. The first-order valence-electron chi connectivity index (χ1n) is 9.82. The van der Waals surface area contributed by atoms with Crippen molar-refractivity contribution in [1.82, 2.24) is 9.21 Å². The number of amides is 1. The van der Waals surface area contributed by atoms with Crippen molar-refractivity contribution in [3.8, 4) is 0 Å². The van der Waals surface area contributed by atoms with Crippen LogP contribution in [0, 0.1) is 5.92 Å². The first-order chi connectivity index (χ1) is 13.7. The van der Waals surface area contributed by atoms with Crippen molar-refractivity contribution < 1.29 is 13.2 Å². The highest BCUT2D eigenvalue weighted by Crippen LogP contribution is 2.37. The number of benzene rings is 2. The van der Waals surface area contributed by atoms with E-state index in [-0.39, 0.29) is 24.2 Å². The third kappa shape index (κ3) is 3.40. The van der Waals surface area contributed by atoms with Gasteiger partial charge < -0.3 is 5.73 Å². The SMILES string of the molecule is CN1C(=O)C[C@@](C)(C2CCCN(S(=O)(=O)c3cccc4ccccc34)C2)N=C1N. The molecular formula is C21H26N4O3S. The van der Waals surface area contributed by atoms with Gasteiger partial charge in [0.1, 0.15) is 0 Å². The van der Waals surface area contributed by atoms with Crippen molar-refractivity contribution in [1.29, 1.82) is 0 Å². The van der Waals surface area contributed by atoms with Crippen molar-refractivity contribution in [3.63, 3.8) is 0 Å². The Morgan fingerprint density at radius 2 is 1.90 bits per heavy atom. The number of carbonyl (C=O) groups excluding carboxylic acids is 1. The van der Waals surface area contributed by atoms with Crippen molar-refractivity contribution in [2.75, 3.05) is 20.1 Å². The van der Waals surface area contributed by atoms with E-state index in [9.17, 15) is 13.2 Å². The maximum Gasteiger partial charge on any atom is 0.243 e. The molecule has 0 spiro atoms. The first-order valence-corrected chi connectivity index (χ1v) is 11.3. The van der Waals surface area contributed by atoms with E-state index in [1.165, 1.54) is 4.90 Å². The maximum absolute atomic E-state index is 13.5. The highest BCUT2D eigenvalue weighted by Gasteiger charge is 2.44. The van der Waals surface area contributed by atoms with Gasteiger partial charge in [-0.05, 0) is 37.1 Å². The van der Waals surface area contributed by atoms with Gasteiger partial charge in [0.15, 0.2) is 5.96 Å². The minimum absolute atomic E-state index is 0.0720. The number of rotatable bonds is 3. The normalized spacial score (nSPS) is 26.6. The molecule has 1 fully saturated rings. The molecule has 2 aromatic carbocycles. The summed E-state index contributed by atoms with van der Waals surface area (Å²) in [7, 11) is -2.06. The van der Waals surface area contributed by atoms with Gasteiger partial charge in [-0.1, -0.05) is 36.4 Å². The van der Waals surface area contributed by atoms with Gasteiger partial charge in [-0.2, -0.15) is 4.31 Å². The molecule has 2 aromatic rings. The summed E-state index contributed by atoms with van der Waals surface area (Å²) in [6.07, 6.45) is 1.77. The van der Waals surface area contributed by atoms with Crippen LogP contribution in [0.3, 0.4) is 0 Å². The van der Waals surface area contributed by atoms with E-state index in [1.54, 1.807) is 23.5 Å². The van der Waals surface area contributed by atoms with Crippen LogP contribution in [0.15, 0.2) is 52.4 Å². The molecule has 1 unspecified atom stereocenters. The van der Waals surface area contributed by atoms with Gasteiger partial charge in [0.2, 0.25) is 15.9 Å². The van der Waals surface area contributed by atoms with Crippen LogP contribution in [0.25, 0.3) is 10.8 Å². The Hall–Kier alpha value is -2.45. The van der Waals surface area contributed by atoms with E-state index >= 15 is 0 Å². The molecular weight excluding hydrogens is 388 g/mol. The number of nitrogens with two attached hydrogens (primary N) is 1. The zero-order valence-corrected chi connectivity index (χ0v) is 17.5. The minimum atomic E-state index is -3.67. The third-order valence-corrected chi connectivity index (χ3v) is 8.15. The summed E-state index contributed by atoms with van der Waals surface area (Å²) in [5.41, 5.74) is 5.25. The van der Waals surface area contributed by atoms with Gasteiger partial charge in [0, 0.05) is 25.5 Å². The van der Waals surface area contributed by atoms with Crippen LogP contribution in [0.2, 0.25) is 0 Å². The molecule has 2 aliphatic heterocycles. The molecule has 2 heterocycles. The van der Waals surface area contributed by atoms with Crippen molar-refractivity contribution in [3.05, 3.63) is 42.5 Å². The Bertz CT molecular complexity index is 1090. The fourth-order valence-corrected chi connectivity index (χ4v) is 6.13. The average molecular weight is 415 g/mol. The second-order valence-corrected chi connectivity index (χ2v) is 10.0. The van der Waals surface area contributed by atoms with E-state index in [0.717, 1.165) is 23.6 Å². The summed E-state index contributed by atoms with van der Waals surface area (Å²) < 4.78 is 28.6. The van der Waals surface area contributed by atoms with Gasteiger partial charge in [0.05, 0.1) is 16.9 Å². The smallest absolute Gasteiger partial charge is 0.243 e. The van der Waals surface area contributed by atoms with Crippen LogP contribution in [0.5, 0.6) is 0 Å². The number of hydrogen-bond donors (Lipinski definition) is 1. The first kappa shape index (κ1) is 19.8. The fraction of sp³-hybridized carbons (Fsp3) is 0.429. The van der Waals surface area contributed by atoms with E-state index in [0.29, 0.717) is 18.0 Å². The van der Waals surface area contributed by atoms with Gasteiger partial charge in [-0.25, -0.2) is 13.4 Å². The molecule has 8 heteroatoms. The summed E-state index contributed by atoms with van der Waals surface area (Å²) in [4.78, 5) is 18.6. The van der Waals surface area contributed by atoms with Crippen LogP contribution in [0.1, 0.15) is 26.2 Å². The predicted molar refractivity (Wildman–Crippen MR) is 113 cm³/mol. The lowest BCUT2D eigenvalue weighted by atomic mass is 9.78. The number of carbonyl (C=O) groups is 1. The van der Waals surface area contributed by atoms with Crippen LogP contribution < -0.4 is 5.73 Å². The van der Waals surface area contributed by atoms with E-state index in [2.05, 4.69) is 4.99 Å². The Balaban J connectivity index is 1.67. The Labute approximate surface area is 171 Å². The molecule has 29 heavy (non-hydrogen) atoms. The lowest BCUT2D eigenvalue weighted by molar-refractivity contribution is -0.129. The van der Waals surface area contributed by atoms with E-state index in [1.807, 2.05) is 37.3 Å². The molecule has 0 saturated carbocycles. The zero-order chi connectivity index (χ0) is 20.8. The number of piperidine rings is 1. The standard InChI is InChI=1S/C21H26N4O3S/c1-21(13-19(26)24(2)20(22)23-21)16-9-6-12-25(14-16)29(27,28)18-11-5-8-15-7-3-4-10-17(15)18/h3-5,7-8,10-11,16H,6,9,12-14H2,1-2H3,(H2,22,23)/t16?,21-/m0/s1. The van der Waals surface area contributed by atoms with Crippen molar-refractivity contribution in [2.45, 2.75) is 36.6 Å². The molecule has 0 radical (unpaired) electrons. The lowest BCUT2D eigenvalue weighted by Gasteiger charge is -2.43. The van der Waals surface area contributed by atoms with Crippen LogP contribution in [-0.4, -0.2) is 55.2 Å². The summed E-state index contributed by atoms with van der Waals surface area (Å²) in [5, 5.41) is 1.62. The third-order valence-electron chi connectivity index (χ3n) is 6.23.